The van der Waals surface area contributed by atoms with Gasteiger partial charge >= 0.3 is 21.5 Å². The van der Waals surface area contributed by atoms with Crippen molar-refractivity contribution in [3.05, 3.63) is 29.8 Å². The lowest BCUT2D eigenvalue weighted by atomic mass is 9.98. The van der Waals surface area contributed by atoms with Gasteiger partial charge in [0.05, 0.1) is 6.42 Å². The summed E-state index contributed by atoms with van der Waals surface area (Å²) in [5, 5.41) is 8.63. The summed E-state index contributed by atoms with van der Waals surface area (Å²) in [6.07, 6.45) is -0.131. The van der Waals surface area contributed by atoms with Gasteiger partial charge in [-0.05, 0) is 23.6 Å². The van der Waals surface area contributed by atoms with E-state index in [1.54, 1.807) is 6.92 Å². The van der Waals surface area contributed by atoms with Gasteiger partial charge in [0, 0.05) is 5.69 Å². The Bertz CT molecular complexity index is 581. The maximum Gasteiger partial charge on any atom is 0.516 e. The molecule has 112 valence electrons. The van der Waals surface area contributed by atoms with Crippen molar-refractivity contribution in [2.45, 2.75) is 24.8 Å². The van der Waals surface area contributed by atoms with Gasteiger partial charge in [-0.15, -0.1) is 0 Å². The smallest absolute Gasteiger partial charge is 0.481 e. The lowest BCUT2D eigenvalue weighted by molar-refractivity contribution is -0.137. The fourth-order valence-corrected chi connectivity index (χ4v) is 2.03. The first-order valence-corrected chi connectivity index (χ1v) is 6.92. The van der Waals surface area contributed by atoms with Gasteiger partial charge in [-0.25, -0.2) is 0 Å². The van der Waals surface area contributed by atoms with E-state index >= 15 is 0 Å². The Morgan fingerprint density at radius 1 is 1.30 bits per heavy atom. The first-order valence-electron chi connectivity index (χ1n) is 5.44. The molecule has 0 saturated heterocycles. The summed E-state index contributed by atoms with van der Waals surface area (Å²) in [4.78, 5) is 10.5. The number of alkyl halides is 3. The van der Waals surface area contributed by atoms with Crippen molar-refractivity contribution in [3.8, 4) is 0 Å². The summed E-state index contributed by atoms with van der Waals surface area (Å²) in [6.45, 7) is 1.64. The fourth-order valence-electron chi connectivity index (χ4n) is 1.47. The number of benzene rings is 1. The van der Waals surface area contributed by atoms with Crippen LogP contribution in [0, 0.1) is 0 Å². The number of hydrogen-bond acceptors (Lipinski definition) is 3. The maximum absolute atomic E-state index is 12.2. The predicted molar refractivity (Wildman–Crippen MR) is 65.7 cm³/mol. The molecule has 1 unspecified atom stereocenters. The maximum atomic E-state index is 12.2. The molecule has 0 spiro atoms. The van der Waals surface area contributed by atoms with E-state index in [4.69, 9.17) is 5.11 Å². The number of rotatable bonds is 5. The minimum absolute atomic E-state index is 0.131. The van der Waals surface area contributed by atoms with Crippen LogP contribution >= 0.6 is 0 Å². The van der Waals surface area contributed by atoms with E-state index in [-0.39, 0.29) is 18.0 Å². The molecule has 0 fully saturated rings. The Balaban J connectivity index is 2.85. The zero-order chi connectivity index (χ0) is 15.6. The Labute approximate surface area is 113 Å². The topological polar surface area (TPSA) is 83.5 Å². The van der Waals surface area contributed by atoms with Crippen molar-refractivity contribution >= 4 is 21.7 Å². The highest BCUT2D eigenvalue weighted by molar-refractivity contribution is 7.93. The van der Waals surface area contributed by atoms with Gasteiger partial charge in [0.1, 0.15) is 0 Å². The van der Waals surface area contributed by atoms with Crippen LogP contribution in [0.2, 0.25) is 0 Å². The van der Waals surface area contributed by atoms with E-state index in [0.29, 0.717) is 5.56 Å². The minimum Gasteiger partial charge on any atom is -0.481 e. The van der Waals surface area contributed by atoms with Crippen LogP contribution in [0.1, 0.15) is 24.8 Å². The Hall–Kier alpha value is -1.77. The number of halogens is 3. The summed E-state index contributed by atoms with van der Waals surface area (Å²) < 4.78 is 59.6. The van der Waals surface area contributed by atoms with Crippen molar-refractivity contribution in [1.82, 2.24) is 0 Å². The van der Waals surface area contributed by atoms with Gasteiger partial charge in [0.15, 0.2) is 0 Å². The van der Waals surface area contributed by atoms with E-state index in [0.717, 1.165) is 12.1 Å². The largest absolute Gasteiger partial charge is 0.516 e. The molecule has 1 rings (SSSR count). The van der Waals surface area contributed by atoms with Crippen LogP contribution in [0.5, 0.6) is 0 Å². The van der Waals surface area contributed by atoms with Crippen LogP contribution in [0.4, 0.5) is 18.9 Å². The van der Waals surface area contributed by atoms with Gasteiger partial charge in [-0.2, -0.15) is 21.6 Å². The molecule has 1 atom stereocenters. The number of anilines is 1. The number of nitrogens with one attached hydrogen (secondary N) is 1. The van der Waals surface area contributed by atoms with E-state index < -0.39 is 21.5 Å². The van der Waals surface area contributed by atoms with Crippen LogP contribution in [0.25, 0.3) is 0 Å². The Kier molecular flexibility index (Phi) is 4.64. The Morgan fingerprint density at radius 2 is 1.80 bits per heavy atom. The van der Waals surface area contributed by atoms with Crippen molar-refractivity contribution in [3.63, 3.8) is 0 Å². The minimum atomic E-state index is -5.45. The second kappa shape index (κ2) is 5.70. The molecular formula is C11H12F3NO4S. The second-order valence-electron chi connectivity index (χ2n) is 4.17. The van der Waals surface area contributed by atoms with Gasteiger partial charge in [-0.1, -0.05) is 19.1 Å². The molecule has 0 heterocycles. The fraction of sp³-hybridized carbons (Fsp3) is 0.364. The molecule has 0 saturated carbocycles. The Morgan fingerprint density at radius 3 is 2.20 bits per heavy atom. The standard InChI is InChI=1S/C11H12F3NO4S/c1-7(6-10(16)17)8-2-4-9(5-3-8)15-20(18,19)11(12,13)14/h2-5,7,15H,6H2,1H3,(H,16,17). The average Bonchev–Trinajstić information content (AvgIpc) is 2.26. The van der Waals surface area contributed by atoms with E-state index in [1.165, 1.54) is 16.9 Å². The molecular weight excluding hydrogens is 299 g/mol. The quantitative estimate of drug-likeness (QED) is 0.875. The SMILES string of the molecule is CC(CC(=O)O)c1ccc(NS(=O)(=O)C(F)(F)F)cc1. The number of aliphatic carboxylic acids is 1. The van der Waals surface area contributed by atoms with Gasteiger partial charge < -0.3 is 5.11 Å². The first-order chi connectivity index (χ1) is 9.03. The molecule has 0 amide bonds. The summed E-state index contributed by atoms with van der Waals surface area (Å²) in [6, 6.07) is 5.05. The lowest BCUT2D eigenvalue weighted by Gasteiger charge is -2.12. The highest BCUT2D eigenvalue weighted by atomic mass is 32.2. The van der Waals surface area contributed by atoms with E-state index in [1.807, 2.05) is 0 Å². The summed E-state index contributed by atoms with van der Waals surface area (Å²) in [5.74, 6) is -1.33. The molecule has 9 heteroatoms. The molecule has 0 aliphatic rings. The van der Waals surface area contributed by atoms with Gasteiger partial charge in [-0.3, -0.25) is 9.52 Å². The van der Waals surface area contributed by atoms with Crippen LogP contribution in [-0.2, 0) is 14.8 Å². The highest BCUT2D eigenvalue weighted by Crippen LogP contribution is 2.26. The summed E-state index contributed by atoms with van der Waals surface area (Å²) in [5.41, 5.74) is -5.04. The molecule has 2 N–H and O–H groups in total. The third kappa shape index (κ3) is 4.12. The normalized spacial score (nSPS) is 13.8. The van der Waals surface area contributed by atoms with Gasteiger partial charge in [0.25, 0.3) is 0 Å². The molecule has 0 aliphatic carbocycles. The van der Waals surface area contributed by atoms with E-state index in [2.05, 4.69) is 0 Å². The van der Waals surface area contributed by atoms with Crippen LogP contribution in [-0.4, -0.2) is 25.0 Å². The first kappa shape index (κ1) is 16.3. The zero-order valence-electron chi connectivity index (χ0n) is 10.3. The number of sulfonamides is 1. The second-order valence-corrected chi connectivity index (χ2v) is 5.85. The molecule has 1 aromatic rings. The highest BCUT2D eigenvalue weighted by Gasteiger charge is 2.45. The van der Waals surface area contributed by atoms with Crippen LogP contribution in [0.15, 0.2) is 24.3 Å². The predicted octanol–water partition coefficient (Wildman–Crippen LogP) is 2.53. The van der Waals surface area contributed by atoms with E-state index in [9.17, 15) is 26.4 Å². The van der Waals surface area contributed by atoms with Crippen molar-refractivity contribution < 1.29 is 31.5 Å². The van der Waals surface area contributed by atoms with Crippen molar-refractivity contribution in [1.29, 1.82) is 0 Å². The number of hydrogen-bond donors (Lipinski definition) is 2. The zero-order valence-corrected chi connectivity index (χ0v) is 11.1. The monoisotopic (exact) mass is 311 g/mol. The third-order valence-corrected chi connectivity index (χ3v) is 3.63. The molecule has 0 aromatic heterocycles. The number of carboxylic acids is 1. The molecule has 1 aromatic carbocycles. The number of carbonyl (C=O) groups is 1. The molecule has 0 aliphatic heterocycles. The molecule has 5 nitrogen and oxygen atoms in total. The third-order valence-electron chi connectivity index (χ3n) is 2.52. The number of carboxylic acid groups (broad SMARTS) is 1. The molecule has 20 heavy (non-hydrogen) atoms. The average molecular weight is 311 g/mol. The molecule has 0 bridgehead atoms. The van der Waals surface area contributed by atoms with Gasteiger partial charge in [0.2, 0.25) is 0 Å². The van der Waals surface area contributed by atoms with Crippen molar-refractivity contribution in [2.75, 3.05) is 4.72 Å². The van der Waals surface area contributed by atoms with Crippen LogP contribution < -0.4 is 4.72 Å². The lowest BCUT2D eigenvalue weighted by Crippen LogP contribution is -2.29. The molecule has 0 radical (unpaired) electrons. The summed E-state index contributed by atoms with van der Waals surface area (Å²) in [7, 11) is -5.45. The van der Waals surface area contributed by atoms with Crippen LogP contribution in [0.3, 0.4) is 0 Å². The summed E-state index contributed by atoms with van der Waals surface area (Å²) >= 11 is 0. The van der Waals surface area contributed by atoms with Crippen molar-refractivity contribution in [2.24, 2.45) is 0 Å².